The smallest absolute Gasteiger partial charge is 0.217 e. The number of aryl methyl sites for hydroxylation is 1. The number of phenols is 1. The van der Waals surface area contributed by atoms with Gasteiger partial charge in [0.05, 0.1) is 35.2 Å². The number of fused-ring (bicyclic) bond motifs is 2. The lowest BCUT2D eigenvalue weighted by Gasteiger charge is -2.14. The van der Waals surface area contributed by atoms with Crippen LogP contribution in [0.5, 0.6) is 5.75 Å². The van der Waals surface area contributed by atoms with E-state index in [9.17, 15) is 17.9 Å². The molecule has 1 aliphatic carbocycles. The highest BCUT2D eigenvalue weighted by atomic mass is 32.2. The van der Waals surface area contributed by atoms with Crippen LogP contribution in [-0.4, -0.2) is 43.2 Å². The summed E-state index contributed by atoms with van der Waals surface area (Å²) in [5.41, 5.74) is 5.34. The van der Waals surface area contributed by atoms with E-state index in [1.165, 1.54) is 16.4 Å². The van der Waals surface area contributed by atoms with Gasteiger partial charge < -0.3 is 10.1 Å². The van der Waals surface area contributed by atoms with E-state index in [0.717, 1.165) is 51.8 Å². The second kappa shape index (κ2) is 7.13. The summed E-state index contributed by atoms with van der Waals surface area (Å²) in [6.07, 6.45) is 2.13. The van der Waals surface area contributed by atoms with Crippen LogP contribution in [-0.2, 0) is 29.5 Å². The van der Waals surface area contributed by atoms with Crippen LogP contribution < -0.4 is 0 Å². The first-order valence-corrected chi connectivity index (χ1v) is 12.4. The monoisotopic (exact) mass is 467 g/mol. The van der Waals surface area contributed by atoms with Crippen molar-refractivity contribution in [1.82, 2.24) is 24.5 Å². The molecule has 8 nitrogen and oxygen atoms in total. The standard InChI is InChI=1S/C23H22FN5O3S/c1-2-12-8-21(30)17(24)9-16(12)13-3-6-15-18(7-13)27-28-22(15)23-25-19-10-29(11-20(19)26-23)33(31,32)14-4-5-14/h3,6-9,14,30H,2,4-5,10-11H2,1H3,(H,25,26)(H,27,28). The number of halogens is 1. The van der Waals surface area contributed by atoms with Gasteiger partial charge in [0.25, 0.3) is 0 Å². The Kier molecular flexibility index (Phi) is 4.40. The number of aromatic nitrogens is 4. The van der Waals surface area contributed by atoms with Crippen LogP contribution in [0.4, 0.5) is 4.39 Å². The average molecular weight is 468 g/mol. The topological polar surface area (TPSA) is 115 Å². The molecule has 0 radical (unpaired) electrons. The third kappa shape index (κ3) is 3.24. The van der Waals surface area contributed by atoms with Gasteiger partial charge in [0.1, 0.15) is 5.69 Å². The Morgan fingerprint density at radius 3 is 2.76 bits per heavy atom. The third-order valence-electron chi connectivity index (χ3n) is 6.48. The van der Waals surface area contributed by atoms with Crippen LogP contribution in [0.3, 0.4) is 0 Å². The first kappa shape index (κ1) is 20.4. The lowest BCUT2D eigenvalue weighted by molar-refractivity contribution is 0.425. The molecule has 0 amide bonds. The average Bonchev–Trinajstić information content (AvgIpc) is 3.29. The van der Waals surface area contributed by atoms with Crippen molar-refractivity contribution < 1.29 is 17.9 Å². The fourth-order valence-electron chi connectivity index (χ4n) is 4.51. The molecular weight excluding hydrogens is 445 g/mol. The zero-order valence-electron chi connectivity index (χ0n) is 17.9. The predicted octanol–water partition coefficient (Wildman–Crippen LogP) is 3.83. The molecule has 6 rings (SSSR count). The molecule has 170 valence electrons. The molecule has 33 heavy (non-hydrogen) atoms. The Morgan fingerprint density at radius 2 is 2.03 bits per heavy atom. The number of aromatic hydroxyl groups is 1. The highest BCUT2D eigenvalue weighted by Crippen LogP contribution is 2.37. The minimum atomic E-state index is -3.24. The van der Waals surface area contributed by atoms with E-state index in [-0.39, 0.29) is 17.5 Å². The quantitative estimate of drug-likeness (QED) is 0.413. The van der Waals surface area contributed by atoms with E-state index in [4.69, 9.17) is 0 Å². The Labute approximate surface area is 189 Å². The van der Waals surface area contributed by atoms with Gasteiger partial charge in [-0.1, -0.05) is 13.0 Å². The van der Waals surface area contributed by atoms with Crippen molar-refractivity contribution in [1.29, 1.82) is 0 Å². The minimum absolute atomic E-state index is 0.235. The first-order valence-electron chi connectivity index (χ1n) is 10.9. The van der Waals surface area contributed by atoms with E-state index < -0.39 is 15.8 Å². The SMILES string of the molecule is CCc1cc(O)c(F)cc1-c1ccc2c(-c3nc4c([nH]3)CN(S(=O)(=O)C3CC3)C4)n[nH]c2c1. The highest BCUT2D eigenvalue weighted by Gasteiger charge is 2.43. The zero-order valence-corrected chi connectivity index (χ0v) is 18.7. The summed E-state index contributed by atoms with van der Waals surface area (Å²) < 4.78 is 40.6. The summed E-state index contributed by atoms with van der Waals surface area (Å²) in [5, 5.41) is 17.8. The van der Waals surface area contributed by atoms with E-state index >= 15 is 0 Å². The van der Waals surface area contributed by atoms with Crippen molar-refractivity contribution in [2.75, 3.05) is 0 Å². The van der Waals surface area contributed by atoms with Crippen LogP contribution in [0.2, 0.25) is 0 Å². The van der Waals surface area contributed by atoms with Crippen molar-refractivity contribution in [3.05, 3.63) is 53.1 Å². The number of hydrogen-bond acceptors (Lipinski definition) is 5. The number of nitrogens with zero attached hydrogens (tertiary/aromatic N) is 3. The Hall–Kier alpha value is -3.24. The van der Waals surface area contributed by atoms with Crippen molar-refractivity contribution in [3.63, 3.8) is 0 Å². The molecular formula is C23H22FN5O3S. The number of H-pyrrole nitrogens is 2. The van der Waals surface area contributed by atoms with Crippen molar-refractivity contribution in [3.8, 4) is 28.4 Å². The Balaban J connectivity index is 1.33. The fourth-order valence-corrected chi connectivity index (χ4v) is 6.27. The number of phenolic OH excluding ortho intramolecular Hbond substituents is 1. The maximum atomic E-state index is 14.0. The maximum absolute atomic E-state index is 14.0. The van der Waals surface area contributed by atoms with Gasteiger partial charge in [-0.25, -0.2) is 17.8 Å². The molecule has 10 heteroatoms. The zero-order chi connectivity index (χ0) is 22.9. The number of aromatic amines is 2. The molecule has 0 spiro atoms. The molecule has 1 aliphatic heterocycles. The number of benzene rings is 2. The lowest BCUT2D eigenvalue weighted by atomic mass is 9.96. The van der Waals surface area contributed by atoms with Gasteiger partial charge in [-0.3, -0.25) is 5.10 Å². The molecule has 0 bridgehead atoms. The summed E-state index contributed by atoms with van der Waals surface area (Å²) in [5.74, 6) is -0.419. The highest BCUT2D eigenvalue weighted by molar-refractivity contribution is 7.90. The van der Waals surface area contributed by atoms with Crippen molar-refractivity contribution >= 4 is 20.9 Å². The van der Waals surface area contributed by atoms with Gasteiger partial charge in [-0.2, -0.15) is 9.40 Å². The predicted molar refractivity (Wildman–Crippen MR) is 121 cm³/mol. The Morgan fingerprint density at radius 1 is 1.21 bits per heavy atom. The van der Waals surface area contributed by atoms with Gasteiger partial charge in [-0.15, -0.1) is 0 Å². The van der Waals surface area contributed by atoms with Gasteiger partial charge in [-0.05, 0) is 60.2 Å². The second-order valence-electron chi connectivity index (χ2n) is 8.67. The molecule has 0 unspecified atom stereocenters. The number of hydrogen-bond donors (Lipinski definition) is 3. The maximum Gasteiger partial charge on any atom is 0.217 e. The molecule has 0 atom stereocenters. The molecule has 0 saturated heterocycles. The number of rotatable bonds is 5. The largest absolute Gasteiger partial charge is 0.505 e. The van der Waals surface area contributed by atoms with Gasteiger partial charge in [0, 0.05) is 5.39 Å². The van der Waals surface area contributed by atoms with Gasteiger partial charge in [0.2, 0.25) is 10.0 Å². The third-order valence-corrected chi connectivity index (χ3v) is 8.77. The van der Waals surface area contributed by atoms with Crippen LogP contribution in [0.25, 0.3) is 33.5 Å². The van der Waals surface area contributed by atoms with Crippen LogP contribution in [0.15, 0.2) is 30.3 Å². The van der Waals surface area contributed by atoms with Crippen LogP contribution >= 0.6 is 0 Å². The molecule has 2 aromatic carbocycles. The molecule has 2 aliphatic rings. The van der Waals surface area contributed by atoms with Crippen LogP contribution in [0.1, 0.15) is 36.7 Å². The summed E-state index contributed by atoms with van der Waals surface area (Å²) in [4.78, 5) is 7.89. The number of imidazole rings is 1. The summed E-state index contributed by atoms with van der Waals surface area (Å²) >= 11 is 0. The molecule has 1 fully saturated rings. The minimum Gasteiger partial charge on any atom is -0.505 e. The van der Waals surface area contributed by atoms with E-state index in [0.29, 0.717) is 24.5 Å². The first-order chi connectivity index (χ1) is 15.8. The van der Waals surface area contributed by atoms with Crippen molar-refractivity contribution in [2.24, 2.45) is 0 Å². The molecule has 1 saturated carbocycles. The van der Waals surface area contributed by atoms with Gasteiger partial charge in [0.15, 0.2) is 17.4 Å². The van der Waals surface area contributed by atoms with Crippen molar-refractivity contribution in [2.45, 2.75) is 44.5 Å². The second-order valence-corrected chi connectivity index (χ2v) is 10.9. The molecule has 3 N–H and O–H groups in total. The number of nitrogens with one attached hydrogen (secondary N) is 2. The lowest BCUT2D eigenvalue weighted by Crippen LogP contribution is -2.29. The fraction of sp³-hybridized carbons (Fsp3) is 0.304. The normalized spacial score (nSPS) is 16.5. The number of sulfonamides is 1. The van der Waals surface area contributed by atoms with Gasteiger partial charge >= 0.3 is 0 Å². The molecule has 4 aromatic rings. The molecule has 2 aromatic heterocycles. The summed E-state index contributed by atoms with van der Waals surface area (Å²) in [7, 11) is -3.24. The Bertz CT molecular complexity index is 1500. The molecule has 3 heterocycles. The van der Waals surface area contributed by atoms with E-state index in [2.05, 4.69) is 20.2 Å². The van der Waals surface area contributed by atoms with E-state index in [1.54, 1.807) is 0 Å². The van der Waals surface area contributed by atoms with Crippen LogP contribution in [0, 0.1) is 5.82 Å². The summed E-state index contributed by atoms with van der Waals surface area (Å²) in [6, 6.07) is 8.52. The summed E-state index contributed by atoms with van der Waals surface area (Å²) in [6.45, 7) is 2.54. The van der Waals surface area contributed by atoms with E-state index in [1.807, 2.05) is 25.1 Å².